The van der Waals surface area contributed by atoms with Gasteiger partial charge in [0.2, 0.25) is 0 Å². The molecular weight excluding hydrogens is 327 g/mol. The van der Waals surface area contributed by atoms with E-state index in [1.165, 1.54) is 0 Å². The van der Waals surface area contributed by atoms with Gasteiger partial charge in [-0.1, -0.05) is 0 Å². The molecule has 0 aliphatic rings. The average Bonchev–Trinajstić information content (AvgIpc) is 2.21. The van der Waals surface area contributed by atoms with E-state index < -0.39 is 19.2 Å². The zero-order chi connectivity index (χ0) is 10.9. The molecule has 5 heteroatoms. The van der Waals surface area contributed by atoms with Crippen LogP contribution in [0.5, 0.6) is 0 Å². The second-order valence-corrected chi connectivity index (χ2v) is 13.3. The van der Waals surface area contributed by atoms with E-state index in [0.717, 1.165) is 39.1 Å². The Kier molecular flexibility index (Phi) is 10.3. The van der Waals surface area contributed by atoms with Crippen molar-refractivity contribution in [1.29, 1.82) is 0 Å². The first kappa shape index (κ1) is 15.2. The molecule has 0 radical (unpaired) electrons. The summed E-state index contributed by atoms with van der Waals surface area (Å²) in [6, 6.07) is 0. The summed E-state index contributed by atoms with van der Waals surface area (Å²) < 4.78 is 17.0. The standard InChI is InChI=1S/3C3H7O.BrH.Zr/c3*1-2-3-4;;/h3*2-3H2,1H3;1H;/q3*-1;;+4/p-1. The van der Waals surface area contributed by atoms with Gasteiger partial charge in [0, 0.05) is 0 Å². The number of halogens is 1. The van der Waals surface area contributed by atoms with Gasteiger partial charge in [-0.15, -0.1) is 0 Å². The van der Waals surface area contributed by atoms with Gasteiger partial charge in [0.1, 0.15) is 0 Å². The summed E-state index contributed by atoms with van der Waals surface area (Å²) in [5.74, 6) is 0. The zero-order valence-corrected chi connectivity index (χ0v) is 13.4. The maximum atomic E-state index is 5.67. The van der Waals surface area contributed by atoms with Crippen LogP contribution < -0.4 is 0 Å². The van der Waals surface area contributed by atoms with Crippen LogP contribution in [0.2, 0.25) is 0 Å². The molecule has 3 nitrogen and oxygen atoms in total. The van der Waals surface area contributed by atoms with Gasteiger partial charge in [-0.25, -0.2) is 0 Å². The molecule has 0 saturated heterocycles. The van der Waals surface area contributed by atoms with Crippen LogP contribution in [0.4, 0.5) is 0 Å². The zero-order valence-electron chi connectivity index (χ0n) is 9.35. The Bertz CT molecular complexity index is 113. The first-order chi connectivity index (χ1) is 6.68. The topological polar surface area (TPSA) is 27.7 Å². The summed E-state index contributed by atoms with van der Waals surface area (Å²) in [7, 11) is 0. The van der Waals surface area contributed by atoms with E-state index in [9.17, 15) is 0 Å². The van der Waals surface area contributed by atoms with Crippen LogP contribution in [0.15, 0.2) is 0 Å². The molecule has 14 heavy (non-hydrogen) atoms. The molecule has 0 unspecified atom stereocenters. The van der Waals surface area contributed by atoms with Crippen LogP contribution >= 0.6 is 12.2 Å². The van der Waals surface area contributed by atoms with Crippen molar-refractivity contribution in [2.75, 3.05) is 19.8 Å². The predicted molar refractivity (Wildman–Crippen MR) is 57.7 cm³/mol. The van der Waals surface area contributed by atoms with Gasteiger partial charge in [0.15, 0.2) is 0 Å². The fourth-order valence-corrected chi connectivity index (χ4v) is 7.59. The Labute approximate surface area is 99.2 Å². The molecule has 0 aromatic carbocycles. The Morgan fingerprint density at radius 3 is 1.29 bits per heavy atom. The van der Waals surface area contributed by atoms with Crippen molar-refractivity contribution >= 4 is 12.2 Å². The van der Waals surface area contributed by atoms with Crippen LogP contribution in [0.25, 0.3) is 0 Å². The summed E-state index contributed by atoms with van der Waals surface area (Å²) in [6.45, 7) is 8.40. The Hall–Kier alpha value is 1.24. The molecule has 0 aromatic heterocycles. The van der Waals surface area contributed by atoms with Gasteiger partial charge in [0.25, 0.3) is 0 Å². The van der Waals surface area contributed by atoms with E-state index in [0.29, 0.717) is 0 Å². The van der Waals surface area contributed by atoms with E-state index >= 15 is 0 Å². The first-order valence-corrected chi connectivity index (χ1v) is 13.9. The summed E-state index contributed by atoms with van der Waals surface area (Å²) in [6.07, 6.45) is 2.99. The molecule has 0 saturated carbocycles. The maximum absolute atomic E-state index is 5.67. The van der Waals surface area contributed by atoms with Crippen molar-refractivity contribution in [3.05, 3.63) is 0 Å². The normalized spacial score (nSPS) is 12.0. The summed E-state index contributed by atoms with van der Waals surface area (Å²) in [5.41, 5.74) is 0. The third kappa shape index (κ3) is 7.52. The number of rotatable bonds is 9. The third-order valence-electron chi connectivity index (χ3n) is 1.44. The van der Waals surface area contributed by atoms with Crippen molar-refractivity contribution in [3.63, 3.8) is 0 Å². The quantitative estimate of drug-likeness (QED) is 0.639. The molecule has 0 N–H and O–H groups in total. The van der Waals surface area contributed by atoms with Gasteiger partial charge in [-0.2, -0.15) is 0 Å². The van der Waals surface area contributed by atoms with Crippen molar-refractivity contribution in [1.82, 2.24) is 0 Å². The first-order valence-electron chi connectivity index (χ1n) is 5.29. The molecule has 0 aromatic rings. The fourth-order valence-electron chi connectivity index (χ4n) is 0.797. The van der Waals surface area contributed by atoms with Crippen LogP contribution in [0.3, 0.4) is 0 Å². The fraction of sp³-hybridized carbons (Fsp3) is 1.00. The van der Waals surface area contributed by atoms with E-state index in [1.807, 2.05) is 0 Å². The second kappa shape index (κ2) is 9.47. The monoisotopic (exact) mass is 346 g/mol. The number of hydrogen-bond donors (Lipinski definition) is 0. The van der Waals surface area contributed by atoms with E-state index in [-0.39, 0.29) is 0 Å². The van der Waals surface area contributed by atoms with E-state index in [1.54, 1.807) is 0 Å². The van der Waals surface area contributed by atoms with Gasteiger partial charge in [-0.05, 0) is 0 Å². The molecule has 0 spiro atoms. The van der Waals surface area contributed by atoms with Crippen molar-refractivity contribution in [2.24, 2.45) is 0 Å². The Balaban J connectivity index is 3.89. The van der Waals surface area contributed by atoms with Gasteiger partial charge >= 0.3 is 99.8 Å². The summed E-state index contributed by atoms with van der Waals surface area (Å²) in [5, 5.41) is 0. The van der Waals surface area contributed by atoms with Crippen molar-refractivity contribution < 1.29 is 27.7 Å². The van der Waals surface area contributed by atoms with Crippen LogP contribution in [-0.4, -0.2) is 19.8 Å². The molecule has 0 amide bonds. The minimum absolute atomic E-state index is 0.717. The van der Waals surface area contributed by atoms with Crippen LogP contribution in [0.1, 0.15) is 40.0 Å². The number of hydrogen-bond acceptors (Lipinski definition) is 3. The second-order valence-electron chi connectivity index (χ2n) is 3.03. The molecule has 0 bridgehead atoms. The van der Waals surface area contributed by atoms with Gasteiger partial charge in [-0.3, -0.25) is 0 Å². The van der Waals surface area contributed by atoms with Crippen LogP contribution in [-0.2, 0) is 27.7 Å². The third-order valence-corrected chi connectivity index (χ3v) is 9.55. The minimum atomic E-state index is -3.25. The van der Waals surface area contributed by atoms with Crippen molar-refractivity contribution in [3.8, 4) is 0 Å². The van der Waals surface area contributed by atoms with Crippen molar-refractivity contribution in [2.45, 2.75) is 40.0 Å². The predicted octanol–water partition coefficient (Wildman–Crippen LogP) is 3.48. The van der Waals surface area contributed by atoms with E-state index in [4.69, 9.17) is 8.44 Å². The molecular formula is C9H21BrO3Zr. The van der Waals surface area contributed by atoms with E-state index in [2.05, 4.69) is 33.0 Å². The molecule has 0 rings (SSSR count). The molecule has 0 heterocycles. The molecule has 0 aliphatic heterocycles. The molecule has 86 valence electrons. The summed E-state index contributed by atoms with van der Waals surface area (Å²) >= 11 is 0.281. The average molecular weight is 348 g/mol. The molecule has 0 aliphatic carbocycles. The Morgan fingerprint density at radius 1 is 0.786 bits per heavy atom. The summed E-state index contributed by atoms with van der Waals surface area (Å²) in [4.78, 5) is 0. The SMILES string of the molecule is CCC[O][Zr]([Br])([O]CCC)[O]CCC. The van der Waals surface area contributed by atoms with Gasteiger partial charge in [0.05, 0.1) is 0 Å². The van der Waals surface area contributed by atoms with Crippen LogP contribution in [0, 0.1) is 0 Å². The Morgan fingerprint density at radius 2 is 1.07 bits per heavy atom. The molecule has 0 fully saturated rings. The molecule has 0 atom stereocenters. The van der Waals surface area contributed by atoms with Gasteiger partial charge < -0.3 is 0 Å².